The topological polar surface area (TPSA) is 50.4 Å². The molecule has 0 aromatic heterocycles. The van der Waals surface area contributed by atoms with Gasteiger partial charge < -0.3 is 15.4 Å². The molecule has 3 rings (SSSR count). The van der Waals surface area contributed by atoms with Crippen molar-refractivity contribution in [3.05, 3.63) is 53.3 Å². The number of methoxy groups -OCH3 is 1. The highest BCUT2D eigenvalue weighted by molar-refractivity contribution is 6.33. The lowest BCUT2D eigenvalue weighted by atomic mass is 10.0. The Balaban J connectivity index is 1.86. The highest BCUT2D eigenvalue weighted by atomic mass is 35.5. The first-order chi connectivity index (χ1) is 12.0. The summed E-state index contributed by atoms with van der Waals surface area (Å²) in [5, 5.41) is 5.65. The van der Waals surface area contributed by atoms with Crippen molar-refractivity contribution in [3.63, 3.8) is 0 Å². The summed E-state index contributed by atoms with van der Waals surface area (Å²) in [5.41, 5.74) is 0.797. The molecule has 0 radical (unpaired) electrons. The third kappa shape index (κ3) is 3.51. The van der Waals surface area contributed by atoms with E-state index < -0.39 is 30.0 Å². The van der Waals surface area contributed by atoms with E-state index in [1.54, 1.807) is 36.4 Å². The smallest absolute Gasteiger partial charge is 0.244 e. The number of halogens is 3. The minimum atomic E-state index is -1.29. The van der Waals surface area contributed by atoms with Crippen molar-refractivity contribution >= 4 is 23.2 Å². The van der Waals surface area contributed by atoms with E-state index in [1.165, 1.54) is 13.2 Å². The minimum Gasteiger partial charge on any atom is -0.376 e. The fourth-order valence-corrected chi connectivity index (χ4v) is 3.17. The van der Waals surface area contributed by atoms with Gasteiger partial charge in [0, 0.05) is 29.8 Å². The SMILES string of the molecule is COC1C(F)CNC1C(=O)Nc1cccc(-c2ccccc2Cl)c1F. The van der Waals surface area contributed by atoms with Gasteiger partial charge in [-0.3, -0.25) is 4.79 Å². The largest absolute Gasteiger partial charge is 0.376 e. The quantitative estimate of drug-likeness (QED) is 0.871. The second-order valence-electron chi connectivity index (χ2n) is 5.74. The molecule has 1 saturated heterocycles. The van der Waals surface area contributed by atoms with E-state index in [0.29, 0.717) is 10.6 Å². The van der Waals surface area contributed by atoms with E-state index in [1.807, 2.05) is 0 Å². The molecule has 1 aliphatic heterocycles. The lowest BCUT2D eigenvalue weighted by Gasteiger charge is -2.19. The van der Waals surface area contributed by atoms with Crippen LogP contribution in [0.15, 0.2) is 42.5 Å². The molecule has 1 fully saturated rings. The van der Waals surface area contributed by atoms with Gasteiger partial charge in [0.05, 0.1) is 5.69 Å². The van der Waals surface area contributed by atoms with Crippen molar-refractivity contribution in [2.75, 3.05) is 19.0 Å². The third-order valence-electron chi connectivity index (χ3n) is 4.19. The molecule has 0 saturated carbocycles. The Kier molecular flexibility index (Phi) is 5.32. The first-order valence-corrected chi connectivity index (χ1v) is 8.15. The molecule has 4 nitrogen and oxygen atoms in total. The molecule has 0 bridgehead atoms. The molecule has 2 aromatic carbocycles. The number of anilines is 1. The van der Waals surface area contributed by atoms with E-state index in [9.17, 15) is 13.6 Å². The summed E-state index contributed by atoms with van der Waals surface area (Å²) in [7, 11) is 1.34. The van der Waals surface area contributed by atoms with E-state index in [-0.39, 0.29) is 17.8 Å². The molecule has 0 spiro atoms. The van der Waals surface area contributed by atoms with Gasteiger partial charge in [0.1, 0.15) is 18.3 Å². The van der Waals surface area contributed by atoms with Crippen molar-refractivity contribution in [2.24, 2.45) is 0 Å². The summed E-state index contributed by atoms with van der Waals surface area (Å²) in [5.74, 6) is -1.16. The van der Waals surface area contributed by atoms with E-state index in [2.05, 4.69) is 10.6 Å². The van der Waals surface area contributed by atoms with Crippen LogP contribution in [0.25, 0.3) is 11.1 Å². The number of carbonyl (C=O) groups is 1. The second-order valence-corrected chi connectivity index (χ2v) is 6.15. The van der Waals surface area contributed by atoms with Crippen LogP contribution in [0.3, 0.4) is 0 Å². The lowest BCUT2D eigenvalue weighted by Crippen LogP contribution is -2.44. The van der Waals surface area contributed by atoms with Gasteiger partial charge in [-0.15, -0.1) is 0 Å². The minimum absolute atomic E-state index is 0.00128. The van der Waals surface area contributed by atoms with Gasteiger partial charge in [0.2, 0.25) is 5.91 Å². The molecule has 0 aliphatic carbocycles. The lowest BCUT2D eigenvalue weighted by molar-refractivity contribution is -0.120. The van der Waals surface area contributed by atoms with Crippen LogP contribution in [-0.2, 0) is 9.53 Å². The molecular weight excluding hydrogens is 350 g/mol. The van der Waals surface area contributed by atoms with Crippen molar-refractivity contribution in [1.29, 1.82) is 0 Å². The molecule has 3 atom stereocenters. The molecule has 3 unspecified atom stereocenters. The number of carbonyl (C=O) groups excluding carboxylic acids is 1. The normalized spacial score (nSPS) is 22.8. The zero-order chi connectivity index (χ0) is 18.0. The van der Waals surface area contributed by atoms with Crippen LogP contribution >= 0.6 is 11.6 Å². The Morgan fingerprint density at radius 1 is 1.24 bits per heavy atom. The maximum absolute atomic E-state index is 14.8. The van der Waals surface area contributed by atoms with Gasteiger partial charge in [0.15, 0.2) is 5.82 Å². The summed E-state index contributed by atoms with van der Waals surface area (Å²) in [6, 6.07) is 10.6. The Hall–Kier alpha value is -2.02. The number of amides is 1. The monoisotopic (exact) mass is 366 g/mol. The van der Waals surface area contributed by atoms with Gasteiger partial charge in [-0.05, 0) is 12.1 Å². The maximum Gasteiger partial charge on any atom is 0.244 e. The predicted molar refractivity (Wildman–Crippen MR) is 93.0 cm³/mol. The van der Waals surface area contributed by atoms with Crippen molar-refractivity contribution in [2.45, 2.75) is 18.3 Å². The molecule has 1 heterocycles. The third-order valence-corrected chi connectivity index (χ3v) is 4.52. The standard InChI is InChI=1S/C18H17ClF2N2O2/c1-25-17-13(20)9-22-16(17)18(24)23-14-8-4-6-11(15(14)21)10-5-2-3-7-12(10)19/h2-8,13,16-17,22H,9H2,1H3,(H,23,24). The fraction of sp³-hybridized carbons (Fsp3) is 0.278. The van der Waals surface area contributed by atoms with E-state index in [4.69, 9.17) is 16.3 Å². The van der Waals surface area contributed by atoms with Crippen LogP contribution in [0.5, 0.6) is 0 Å². The number of nitrogens with one attached hydrogen (secondary N) is 2. The predicted octanol–water partition coefficient (Wildman–Crippen LogP) is 3.41. The van der Waals surface area contributed by atoms with Crippen LogP contribution in [-0.4, -0.2) is 37.9 Å². The van der Waals surface area contributed by atoms with E-state index >= 15 is 0 Å². The molecule has 7 heteroatoms. The summed E-state index contributed by atoms with van der Waals surface area (Å²) in [6.45, 7) is 0.0126. The Morgan fingerprint density at radius 2 is 1.96 bits per heavy atom. The van der Waals surface area contributed by atoms with Crippen molar-refractivity contribution < 1.29 is 18.3 Å². The highest BCUT2D eigenvalue weighted by Gasteiger charge is 2.40. The van der Waals surface area contributed by atoms with Gasteiger partial charge in [0.25, 0.3) is 0 Å². The Morgan fingerprint density at radius 3 is 2.68 bits per heavy atom. The van der Waals surface area contributed by atoms with Crippen LogP contribution in [0.2, 0.25) is 5.02 Å². The second kappa shape index (κ2) is 7.47. The van der Waals surface area contributed by atoms with Gasteiger partial charge in [-0.2, -0.15) is 0 Å². The van der Waals surface area contributed by atoms with Crippen LogP contribution in [0.4, 0.5) is 14.5 Å². The average molecular weight is 367 g/mol. The summed E-state index contributed by atoms with van der Waals surface area (Å²) in [6.07, 6.45) is -2.20. The van der Waals surface area contributed by atoms with E-state index in [0.717, 1.165) is 0 Å². The molecule has 2 N–H and O–H groups in total. The van der Waals surface area contributed by atoms with Crippen molar-refractivity contribution in [3.8, 4) is 11.1 Å². The Labute approximate surface area is 149 Å². The fourth-order valence-electron chi connectivity index (χ4n) is 2.93. The number of ether oxygens (including phenoxy) is 1. The molecule has 132 valence electrons. The zero-order valence-corrected chi connectivity index (χ0v) is 14.2. The first-order valence-electron chi connectivity index (χ1n) is 7.77. The number of rotatable bonds is 4. The number of hydrogen-bond donors (Lipinski definition) is 2. The van der Waals surface area contributed by atoms with Gasteiger partial charge >= 0.3 is 0 Å². The van der Waals surface area contributed by atoms with Gasteiger partial charge in [-0.1, -0.05) is 41.9 Å². The molecule has 25 heavy (non-hydrogen) atoms. The Bertz CT molecular complexity index is 787. The molecular formula is C18H17ClF2N2O2. The van der Waals surface area contributed by atoms with Crippen LogP contribution in [0, 0.1) is 5.82 Å². The van der Waals surface area contributed by atoms with Gasteiger partial charge in [-0.25, -0.2) is 8.78 Å². The zero-order valence-electron chi connectivity index (χ0n) is 13.4. The van der Waals surface area contributed by atoms with Crippen LogP contribution in [0.1, 0.15) is 0 Å². The summed E-state index contributed by atoms with van der Waals surface area (Å²) >= 11 is 6.12. The maximum atomic E-state index is 14.8. The number of benzene rings is 2. The molecule has 1 amide bonds. The summed E-state index contributed by atoms with van der Waals surface area (Å²) in [4.78, 5) is 12.4. The molecule has 2 aromatic rings. The summed E-state index contributed by atoms with van der Waals surface area (Å²) < 4.78 is 33.6. The first kappa shape index (κ1) is 17.8. The van der Waals surface area contributed by atoms with Crippen LogP contribution < -0.4 is 10.6 Å². The molecule has 1 aliphatic rings. The highest BCUT2D eigenvalue weighted by Crippen LogP contribution is 2.32. The van der Waals surface area contributed by atoms with Crippen molar-refractivity contribution in [1.82, 2.24) is 5.32 Å². The number of alkyl halides is 1. The number of hydrogen-bond acceptors (Lipinski definition) is 3. The average Bonchev–Trinajstić information content (AvgIpc) is 2.98.